The average Bonchev–Trinajstić information content (AvgIpc) is 2.20. The second-order valence-corrected chi connectivity index (χ2v) is 2.49. The van der Waals surface area contributed by atoms with Gasteiger partial charge in [0.2, 0.25) is 0 Å². The molecular formula is C10H11NO2. The van der Waals surface area contributed by atoms with Crippen LogP contribution < -0.4 is 4.74 Å². The first-order valence-corrected chi connectivity index (χ1v) is 3.88. The first kappa shape index (κ1) is 9.56. The van der Waals surface area contributed by atoms with Gasteiger partial charge in [0, 0.05) is 12.7 Å². The maximum Gasteiger partial charge on any atom is 0.172 e. The zero-order valence-electron chi connectivity index (χ0n) is 7.65. The topological polar surface area (TPSA) is 42.2 Å². The van der Waals surface area contributed by atoms with Crippen molar-refractivity contribution in [1.82, 2.24) is 0 Å². The summed E-state index contributed by atoms with van der Waals surface area (Å²) >= 11 is 0. The molecule has 0 radical (unpaired) electrons. The number of benzene rings is 1. The molecule has 1 aromatic carbocycles. The van der Waals surface area contributed by atoms with Gasteiger partial charge in [-0.2, -0.15) is 5.26 Å². The van der Waals surface area contributed by atoms with Crippen LogP contribution in [0.1, 0.15) is 11.7 Å². The number of hydrogen-bond donors (Lipinski definition) is 0. The van der Waals surface area contributed by atoms with Crippen molar-refractivity contribution < 1.29 is 9.47 Å². The van der Waals surface area contributed by atoms with E-state index >= 15 is 0 Å². The van der Waals surface area contributed by atoms with E-state index in [1.807, 2.05) is 24.3 Å². The Balaban J connectivity index is 3.05. The van der Waals surface area contributed by atoms with Gasteiger partial charge in [0.1, 0.15) is 5.75 Å². The molecule has 68 valence electrons. The third-order valence-corrected chi connectivity index (χ3v) is 1.77. The van der Waals surface area contributed by atoms with Crippen molar-refractivity contribution in [2.75, 3.05) is 14.2 Å². The predicted octanol–water partition coefficient (Wildman–Crippen LogP) is 1.91. The average molecular weight is 177 g/mol. The van der Waals surface area contributed by atoms with Gasteiger partial charge in [-0.1, -0.05) is 18.2 Å². The number of nitrogens with zero attached hydrogens (tertiary/aromatic N) is 1. The van der Waals surface area contributed by atoms with Gasteiger partial charge < -0.3 is 9.47 Å². The van der Waals surface area contributed by atoms with Crippen LogP contribution in [0, 0.1) is 11.3 Å². The maximum atomic E-state index is 8.77. The standard InChI is InChI=1S/C10H11NO2/c1-12-9-6-4-3-5-8(9)10(7-11)13-2/h3-6,10H,1-2H3. The highest BCUT2D eigenvalue weighted by molar-refractivity contribution is 5.37. The Morgan fingerprint density at radius 2 is 2.00 bits per heavy atom. The van der Waals surface area contributed by atoms with Crippen LogP contribution in [0.4, 0.5) is 0 Å². The Morgan fingerprint density at radius 1 is 1.31 bits per heavy atom. The molecule has 1 rings (SSSR count). The monoisotopic (exact) mass is 177 g/mol. The van der Waals surface area contributed by atoms with E-state index in [-0.39, 0.29) is 0 Å². The molecule has 13 heavy (non-hydrogen) atoms. The summed E-state index contributed by atoms with van der Waals surface area (Å²) in [5, 5.41) is 8.77. The van der Waals surface area contributed by atoms with Crippen molar-refractivity contribution in [2.24, 2.45) is 0 Å². The molecule has 0 aromatic heterocycles. The van der Waals surface area contributed by atoms with Crippen molar-refractivity contribution in [1.29, 1.82) is 5.26 Å². The second kappa shape index (κ2) is 4.48. The number of nitriles is 1. The molecule has 0 heterocycles. The lowest BCUT2D eigenvalue weighted by Gasteiger charge is -2.11. The van der Waals surface area contributed by atoms with Crippen LogP contribution in [-0.4, -0.2) is 14.2 Å². The van der Waals surface area contributed by atoms with Crippen LogP contribution in [-0.2, 0) is 4.74 Å². The molecular weight excluding hydrogens is 166 g/mol. The minimum atomic E-state index is -0.559. The Hall–Kier alpha value is -1.53. The third kappa shape index (κ3) is 1.98. The molecule has 0 saturated heterocycles. The number of methoxy groups -OCH3 is 2. The number of para-hydroxylation sites is 1. The van der Waals surface area contributed by atoms with Crippen LogP contribution in [0.25, 0.3) is 0 Å². The SMILES string of the molecule is COc1ccccc1C(C#N)OC. The van der Waals surface area contributed by atoms with Crippen LogP contribution in [0.3, 0.4) is 0 Å². The Morgan fingerprint density at radius 3 is 2.54 bits per heavy atom. The summed E-state index contributed by atoms with van der Waals surface area (Å²) in [4.78, 5) is 0. The van der Waals surface area contributed by atoms with E-state index in [0.29, 0.717) is 5.75 Å². The third-order valence-electron chi connectivity index (χ3n) is 1.77. The van der Waals surface area contributed by atoms with E-state index in [1.165, 1.54) is 7.11 Å². The van der Waals surface area contributed by atoms with E-state index < -0.39 is 6.10 Å². The fraction of sp³-hybridized carbons (Fsp3) is 0.300. The first-order chi connectivity index (χ1) is 6.33. The van der Waals surface area contributed by atoms with Gasteiger partial charge in [0.15, 0.2) is 6.10 Å². The second-order valence-electron chi connectivity index (χ2n) is 2.49. The van der Waals surface area contributed by atoms with Crippen LogP contribution in [0.15, 0.2) is 24.3 Å². The van der Waals surface area contributed by atoms with Gasteiger partial charge in [0.25, 0.3) is 0 Å². The van der Waals surface area contributed by atoms with E-state index in [9.17, 15) is 0 Å². The summed E-state index contributed by atoms with van der Waals surface area (Å²) in [7, 11) is 3.07. The van der Waals surface area contributed by atoms with E-state index in [0.717, 1.165) is 5.56 Å². The van der Waals surface area contributed by atoms with Gasteiger partial charge in [-0.15, -0.1) is 0 Å². The highest BCUT2D eigenvalue weighted by Gasteiger charge is 2.13. The quantitative estimate of drug-likeness (QED) is 0.708. The van der Waals surface area contributed by atoms with Gasteiger partial charge >= 0.3 is 0 Å². The zero-order valence-corrected chi connectivity index (χ0v) is 7.65. The van der Waals surface area contributed by atoms with E-state index in [4.69, 9.17) is 14.7 Å². The lowest BCUT2D eigenvalue weighted by atomic mass is 10.1. The smallest absolute Gasteiger partial charge is 0.172 e. The lowest BCUT2D eigenvalue weighted by Crippen LogP contribution is -2.00. The highest BCUT2D eigenvalue weighted by atomic mass is 16.5. The summed E-state index contributed by atoms with van der Waals surface area (Å²) in [5.41, 5.74) is 0.759. The van der Waals surface area contributed by atoms with Crippen molar-refractivity contribution in [3.05, 3.63) is 29.8 Å². The maximum absolute atomic E-state index is 8.77. The fourth-order valence-corrected chi connectivity index (χ4v) is 1.13. The van der Waals surface area contributed by atoms with Gasteiger partial charge in [0.05, 0.1) is 13.2 Å². The molecule has 3 heteroatoms. The van der Waals surface area contributed by atoms with E-state index in [1.54, 1.807) is 13.2 Å². The molecule has 1 aromatic rings. The van der Waals surface area contributed by atoms with Gasteiger partial charge in [-0.3, -0.25) is 0 Å². The summed E-state index contributed by atoms with van der Waals surface area (Å²) in [6.45, 7) is 0. The molecule has 1 unspecified atom stereocenters. The molecule has 0 fully saturated rings. The molecule has 0 aliphatic heterocycles. The normalized spacial score (nSPS) is 11.8. The Kier molecular flexibility index (Phi) is 3.30. The van der Waals surface area contributed by atoms with Gasteiger partial charge in [-0.25, -0.2) is 0 Å². The highest BCUT2D eigenvalue weighted by Crippen LogP contribution is 2.25. The lowest BCUT2D eigenvalue weighted by molar-refractivity contribution is 0.145. The number of rotatable bonds is 3. The molecule has 3 nitrogen and oxygen atoms in total. The molecule has 0 spiro atoms. The number of ether oxygens (including phenoxy) is 2. The largest absolute Gasteiger partial charge is 0.496 e. The molecule has 0 aliphatic rings. The summed E-state index contributed by atoms with van der Waals surface area (Å²) < 4.78 is 10.1. The van der Waals surface area contributed by atoms with E-state index in [2.05, 4.69) is 0 Å². The summed E-state index contributed by atoms with van der Waals surface area (Å²) in [6, 6.07) is 9.36. The molecule has 0 amide bonds. The summed E-state index contributed by atoms with van der Waals surface area (Å²) in [5.74, 6) is 0.677. The minimum Gasteiger partial charge on any atom is -0.496 e. The van der Waals surface area contributed by atoms with Crippen molar-refractivity contribution in [2.45, 2.75) is 6.10 Å². The minimum absolute atomic E-state index is 0.559. The van der Waals surface area contributed by atoms with Gasteiger partial charge in [-0.05, 0) is 6.07 Å². The van der Waals surface area contributed by atoms with Crippen LogP contribution >= 0.6 is 0 Å². The molecule has 0 aliphatic carbocycles. The number of hydrogen-bond acceptors (Lipinski definition) is 3. The van der Waals surface area contributed by atoms with Crippen molar-refractivity contribution in [3.8, 4) is 11.8 Å². The van der Waals surface area contributed by atoms with Crippen molar-refractivity contribution >= 4 is 0 Å². The van der Waals surface area contributed by atoms with Crippen molar-refractivity contribution in [3.63, 3.8) is 0 Å². The Bertz CT molecular complexity index is 317. The molecule has 0 bridgehead atoms. The first-order valence-electron chi connectivity index (χ1n) is 3.88. The fourth-order valence-electron chi connectivity index (χ4n) is 1.13. The zero-order chi connectivity index (χ0) is 9.68. The molecule has 0 N–H and O–H groups in total. The van der Waals surface area contributed by atoms with Crippen LogP contribution in [0.2, 0.25) is 0 Å². The molecule has 1 atom stereocenters. The summed E-state index contributed by atoms with van der Waals surface area (Å²) in [6.07, 6.45) is -0.559. The predicted molar refractivity (Wildman–Crippen MR) is 48.4 cm³/mol. The molecule has 0 saturated carbocycles. The van der Waals surface area contributed by atoms with Crippen LogP contribution in [0.5, 0.6) is 5.75 Å². The Labute approximate surface area is 77.5 Å².